The highest BCUT2D eigenvalue weighted by Crippen LogP contribution is 2.16. The lowest BCUT2D eigenvalue weighted by atomic mass is 10.1. The quantitative estimate of drug-likeness (QED) is 0.830. The van der Waals surface area contributed by atoms with Gasteiger partial charge in [-0.3, -0.25) is 0 Å². The van der Waals surface area contributed by atoms with Crippen molar-refractivity contribution in [1.82, 2.24) is 9.97 Å². The summed E-state index contributed by atoms with van der Waals surface area (Å²) in [6.45, 7) is 1.60. The number of aryl methyl sites for hydroxylation is 1. The van der Waals surface area contributed by atoms with Crippen molar-refractivity contribution in [3.8, 4) is 0 Å². The number of nitrogens with zero attached hydrogens (tertiary/aromatic N) is 2. The first kappa shape index (κ1) is 13.7. The molecule has 0 amide bonds. The lowest BCUT2D eigenvalue weighted by Gasteiger charge is -2.23. The standard InChI is InChI=1S/C11H15N3O4S/c1-7-9(10(15)16)6-12-11(13-7)14-8-2-4-19(17,18)5-3-8/h6,8H,2-5H2,1H3,(H,15,16)(H,12,13,14). The van der Waals surface area contributed by atoms with Gasteiger partial charge in [-0.25, -0.2) is 23.2 Å². The van der Waals surface area contributed by atoms with E-state index in [1.807, 2.05) is 0 Å². The monoisotopic (exact) mass is 285 g/mol. The van der Waals surface area contributed by atoms with Gasteiger partial charge in [0, 0.05) is 12.2 Å². The second-order valence-corrected chi connectivity index (χ2v) is 6.87. The molecule has 0 saturated carbocycles. The molecule has 1 aliphatic rings. The van der Waals surface area contributed by atoms with E-state index in [9.17, 15) is 13.2 Å². The number of hydrogen-bond acceptors (Lipinski definition) is 6. The topological polar surface area (TPSA) is 109 Å². The first-order valence-corrected chi connectivity index (χ1v) is 7.73. The molecule has 19 heavy (non-hydrogen) atoms. The highest BCUT2D eigenvalue weighted by molar-refractivity contribution is 7.91. The van der Waals surface area contributed by atoms with Crippen molar-refractivity contribution in [1.29, 1.82) is 0 Å². The van der Waals surface area contributed by atoms with E-state index in [2.05, 4.69) is 15.3 Å². The number of rotatable bonds is 3. The Hall–Kier alpha value is -1.70. The number of aromatic carboxylic acids is 1. The number of nitrogens with one attached hydrogen (secondary N) is 1. The van der Waals surface area contributed by atoms with Crippen molar-refractivity contribution in [3.63, 3.8) is 0 Å². The van der Waals surface area contributed by atoms with Gasteiger partial charge in [-0.05, 0) is 19.8 Å². The minimum atomic E-state index is -2.89. The van der Waals surface area contributed by atoms with Crippen LogP contribution in [0.2, 0.25) is 0 Å². The van der Waals surface area contributed by atoms with E-state index in [1.165, 1.54) is 6.20 Å². The summed E-state index contributed by atoms with van der Waals surface area (Å²) < 4.78 is 22.6. The van der Waals surface area contributed by atoms with Crippen LogP contribution in [0.25, 0.3) is 0 Å². The minimum Gasteiger partial charge on any atom is -0.478 e. The molecule has 104 valence electrons. The number of carboxylic acids is 1. The van der Waals surface area contributed by atoms with Crippen LogP contribution in [0.1, 0.15) is 28.9 Å². The van der Waals surface area contributed by atoms with Gasteiger partial charge >= 0.3 is 5.97 Å². The largest absolute Gasteiger partial charge is 0.478 e. The molecule has 0 bridgehead atoms. The van der Waals surface area contributed by atoms with Crippen LogP contribution in [0.5, 0.6) is 0 Å². The van der Waals surface area contributed by atoms with Gasteiger partial charge in [-0.15, -0.1) is 0 Å². The smallest absolute Gasteiger partial charge is 0.339 e. The molecular weight excluding hydrogens is 270 g/mol. The second kappa shape index (κ2) is 5.12. The number of anilines is 1. The van der Waals surface area contributed by atoms with Crippen molar-refractivity contribution >= 4 is 21.8 Å². The van der Waals surface area contributed by atoms with Crippen molar-refractivity contribution < 1.29 is 18.3 Å². The summed E-state index contributed by atoms with van der Waals surface area (Å²) in [6.07, 6.45) is 2.30. The highest BCUT2D eigenvalue weighted by Gasteiger charge is 2.24. The van der Waals surface area contributed by atoms with E-state index in [1.54, 1.807) is 6.92 Å². The molecule has 8 heteroatoms. The summed E-state index contributed by atoms with van der Waals surface area (Å²) in [5.74, 6) is -0.395. The van der Waals surface area contributed by atoms with Crippen LogP contribution in [0.15, 0.2) is 6.20 Å². The fourth-order valence-corrected chi connectivity index (χ4v) is 3.45. The van der Waals surface area contributed by atoms with E-state index in [-0.39, 0.29) is 23.1 Å². The fourth-order valence-electron chi connectivity index (χ4n) is 1.96. The predicted octanol–water partition coefficient (Wildman–Crippen LogP) is 0.472. The summed E-state index contributed by atoms with van der Waals surface area (Å²) in [7, 11) is -2.89. The van der Waals surface area contributed by atoms with Gasteiger partial charge in [0.2, 0.25) is 5.95 Å². The number of aromatic nitrogens is 2. The lowest BCUT2D eigenvalue weighted by Crippen LogP contribution is -2.32. The van der Waals surface area contributed by atoms with E-state index < -0.39 is 15.8 Å². The molecule has 0 atom stereocenters. The Morgan fingerprint density at radius 3 is 2.58 bits per heavy atom. The van der Waals surface area contributed by atoms with E-state index in [4.69, 9.17) is 5.11 Å². The molecule has 1 aromatic rings. The minimum absolute atomic E-state index is 0.0126. The summed E-state index contributed by atoms with van der Waals surface area (Å²) in [6, 6.07) is 0.0126. The number of carbonyl (C=O) groups is 1. The molecule has 2 N–H and O–H groups in total. The number of carboxylic acid groups (broad SMARTS) is 1. The Kier molecular flexibility index (Phi) is 3.70. The van der Waals surface area contributed by atoms with Crippen LogP contribution in [0.3, 0.4) is 0 Å². The third kappa shape index (κ3) is 3.40. The third-order valence-electron chi connectivity index (χ3n) is 3.10. The molecule has 0 spiro atoms. The van der Waals surface area contributed by atoms with Crippen molar-refractivity contribution in [2.75, 3.05) is 16.8 Å². The average Bonchev–Trinajstić information content (AvgIpc) is 2.31. The van der Waals surface area contributed by atoms with Crippen LogP contribution < -0.4 is 5.32 Å². The Balaban J connectivity index is 2.04. The Morgan fingerprint density at radius 1 is 1.42 bits per heavy atom. The molecule has 0 aliphatic carbocycles. The van der Waals surface area contributed by atoms with Gasteiger partial charge in [-0.1, -0.05) is 0 Å². The molecule has 1 fully saturated rings. The predicted molar refractivity (Wildman–Crippen MR) is 69.0 cm³/mol. The zero-order valence-electron chi connectivity index (χ0n) is 10.5. The number of hydrogen-bond donors (Lipinski definition) is 2. The highest BCUT2D eigenvalue weighted by atomic mass is 32.2. The van der Waals surface area contributed by atoms with Crippen LogP contribution in [-0.4, -0.2) is 47.0 Å². The van der Waals surface area contributed by atoms with Crippen molar-refractivity contribution in [2.45, 2.75) is 25.8 Å². The summed E-state index contributed by atoms with van der Waals surface area (Å²) in [4.78, 5) is 18.8. The SMILES string of the molecule is Cc1nc(NC2CCS(=O)(=O)CC2)ncc1C(=O)O. The van der Waals surface area contributed by atoms with Crippen LogP contribution in [0.4, 0.5) is 5.95 Å². The van der Waals surface area contributed by atoms with Gasteiger partial charge < -0.3 is 10.4 Å². The van der Waals surface area contributed by atoms with E-state index >= 15 is 0 Å². The van der Waals surface area contributed by atoms with E-state index in [0.29, 0.717) is 24.5 Å². The van der Waals surface area contributed by atoms with Crippen LogP contribution >= 0.6 is 0 Å². The molecule has 7 nitrogen and oxygen atoms in total. The molecular formula is C11H15N3O4S. The molecule has 0 radical (unpaired) electrons. The molecule has 0 unspecified atom stereocenters. The van der Waals surface area contributed by atoms with Crippen molar-refractivity contribution in [2.24, 2.45) is 0 Å². The fraction of sp³-hybridized carbons (Fsp3) is 0.545. The van der Waals surface area contributed by atoms with Crippen LogP contribution in [-0.2, 0) is 9.84 Å². The summed E-state index contributed by atoms with van der Waals surface area (Å²) in [5.41, 5.74) is 0.449. The van der Waals surface area contributed by atoms with Gasteiger partial charge in [0.05, 0.1) is 22.8 Å². The molecule has 2 heterocycles. The summed E-state index contributed by atoms with van der Waals surface area (Å²) >= 11 is 0. The molecule has 0 aromatic carbocycles. The van der Waals surface area contributed by atoms with Gasteiger partial charge in [0.1, 0.15) is 9.84 Å². The number of sulfone groups is 1. The second-order valence-electron chi connectivity index (χ2n) is 4.57. The first-order valence-electron chi connectivity index (χ1n) is 5.91. The molecule has 2 rings (SSSR count). The van der Waals surface area contributed by atoms with Gasteiger partial charge in [0.15, 0.2) is 0 Å². The molecule has 1 aliphatic heterocycles. The first-order chi connectivity index (χ1) is 8.87. The normalized spacial score (nSPS) is 19.0. The summed E-state index contributed by atoms with van der Waals surface area (Å²) in [5, 5.41) is 11.9. The average molecular weight is 285 g/mol. The third-order valence-corrected chi connectivity index (χ3v) is 4.81. The van der Waals surface area contributed by atoms with Crippen molar-refractivity contribution in [3.05, 3.63) is 17.5 Å². The molecule has 1 aromatic heterocycles. The maximum atomic E-state index is 11.3. The zero-order chi connectivity index (χ0) is 14.0. The van der Waals surface area contributed by atoms with E-state index in [0.717, 1.165) is 0 Å². The molecule has 1 saturated heterocycles. The Bertz CT molecular complexity index is 586. The zero-order valence-corrected chi connectivity index (χ0v) is 11.3. The maximum absolute atomic E-state index is 11.3. The van der Waals surface area contributed by atoms with Crippen LogP contribution in [0, 0.1) is 6.92 Å². The van der Waals surface area contributed by atoms with Gasteiger partial charge in [0.25, 0.3) is 0 Å². The Morgan fingerprint density at radius 2 is 2.05 bits per heavy atom. The van der Waals surface area contributed by atoms with Gasteiger partial charge in [-0.2, -0.15) is 0 Å². The lowest BCUT2D eigenvalue weighted by molar-refractivity contribution is 0.0695. The maximum Gasteiger partial charge on any atom is 0.339 e. The Labute approximate surface area is 111 Å².